The van der Waals surface area contributed by atoms with Crippen LogP contribution in [0.1, 0.15) is 79.8 Å². The second-order valence-corrected chi connectivity index (χ2v) is 14.1. The van der Waals surface area contributed by atoms with Crippen LogP contribution in [0.25, 0.3) is 5.00 Å². The van der Waals surface area contributed by atoms with E-state index < -0.39 is 6.04 Å². The highest BCUT2D eigenvalue weighted by Gasteiger charge is 2.37. The van der Waals surface area contributed by atoms with Crippen molar-refractivity contribution < 1.29 is 4.79 Å². The molecule has 7 nitrogen and oxygen atoms in total. The Labute approximate surface area is 252 Å². The predicted octanol–water partition coefficient (Wildman–Crippen LogP) is 6.16. The second kappa shape index (κ2) is 11.0. The van der Waals surface area contributed by atoms with Crippen molar-refractivity contribution in [3.63, 3.8) is 0 Å². The zero-order valence-electron chi connectivity index (χ0n) is 25.1. The maximum Gasteiger partial charge on any atom is 0.225 e. The van der Waals surface area contributed by atoms with Gasteiger partial charge in [-0.2, -0.15) is 0 Å². The topological polar surface area (TPSA) is 66.6 Å². The maximum atomic E-state index is 13.8. The summed E-state index contributed by atoms with van der Waals surface area (Å²) in [6.45, 7) is 17.9. The lowest BCUT2D eigenvalue weighted by atomic mass is 9.79. The normalized spacial score (nSPS) is 17.9. The number of rotatable bonds is 6. The number of halogens is 1. The van der Waals surface area contributed by atoms with Crippen molar-refractivity contribution in [2.75, 3.05) is 26.2 Å². The summed E-state index contributed by atoms with van der Waals surface area (Å²) in [5, 5.41) is 10.7. The molecule has 5 rings (SSSR count). The van der Waals surface area contributed by atoms with Crippen molar-refractivity contribution in [1.82, 2.24) is 24.6 Å². The van der Waals surface area contributed by atoms with Crippen molar-refractivity contribution in [3.8, 4) is 17.3 Å². The number of fused-ring (bicyclic) bond motifs is 3. The van der Waals surface area contributed by atoms with E-state index in [1.54, 1.807) is 11.3 Å². The van der Waals surface area contributed by atoms with Gasteiger partial charge in [-0.05, 0) is 72.6 Å². The Morgan fingerprint density at radius 2 is 1.73 bits per heavy atom. The fourth-order valence-corrected chi connectivity index (χ4v) is 7.57. The first-order valence-corrected chi connectivity index (χ1v) is 15.4. The Morgan fingerprint density at radius 3 is 2.37 bits per heavy atom. The lowest BCUT2D eigenvalue weighted by Gasteiger charge is -2.46. The molecule has 216 valence electrons. The second-order valence-electron chi connectivity index (χ2n) is 12.5. The smallest absolute Gasteiger partial charge is 0.225 e. The number of hydrogen-bond acceptors (Lipinski definition) is 6. The van der Waals surface area contributed by atoms with Crippen LogP contribution < -0.4 is 0 Å². The number of nitrogens with zero attached hydrogens (tertiary/aromatic N) is 6. The monoisotopic (exact) mass is 590 g/mol. The van der Waals surface area contributed by atoms with Gasteiger partial charge < -0.3 is 4.90 Å². The van der Waals surface area contributed by atoms with E-state index in [0.29, 0.717) is 23.9 Å². The van der Waals surface area contributed by atoms with Crippen LogP contribution in [0.15, 0.2) is 29.3 Å². The summed E-state index contributed by atoms with van der Waals surface area (Å²) in [6.07, 6.45) is 6.91. The van der Waals surface area contributed by atoms with Gasteiger partial charge in [-0.25, -0.2) is 0 Å². The summed E-state index contributed by atoms with van der Waals surface area (Å²) in [5.41, 5.74) is 3.85. The van der Waals surface area contributed by atoms with Crippen molar-refractivity contribution >= 4 is 34.6 Å². The maximum absolute atomic E-state index is 13.8. The van der Waals surface area contributed by atoms with Gasteiger partial charge in [0.15, 0.2) is 5.82 Å². The summed E-state index contributed by atoms with van der Waals surface area (Å²) in [6, 6.07) is 7.31. The van der Waals surface area contributed by atoms with Crippen LogP contribution in [-0.2, 0) is 4.79 Å². The number of terminal acetylenes is 1. The lowest BCUT2D eigenvalue weighted by molar-refractivity contribution is -0.134. The van der Waals surface area contributed by atoms with Crippen LogP contribution in [0.4, 0.5) is 0 Å². The fourth-order valence-electron chi connectivity index (χ4n) is 6.23. The summed E-state index contributed by atoms with van der Waals surface area (Å²) in [7, 11) is 0. The Hall–Kier alpha value is -2.99. The molecule has 0 bridgehead atoms. The molecule has 0 spiro atoms. The molecular weight excluding hydrogens is 552 g/mol. The molecule has 2 aliphatic heterocycles. The van der Waals surface area contributed by atoms with E-state index in [1.165, 1.54) is 10.4 Å². The number of amides is 1. The summed E-state index contributed by atoms with van der Waals surface area (Å²) < 4.78 is 2.10. The number of hydrogen-bond donors (Lipinski definition) is 0. The predicted molar refractivity (Wildman–Crippen MR) is 167 cm³/mol. The van der Waals surface area contributed by atoms with Gasteiger partial charge in [-0.15, -0.1) is 33.9 Å². The standard InChI is InChI=1S/C32H39ClN6OS/c1-9-31(5,6)19-32(7,8)38-16-14-37(15-17-38)26(40)18-25-29-36-35-22(4)39(29)30-27(20(2)21(3)41-30)28(34-25)23-10-12-24(33)13-11-23/h1,10-13,25H,14-19H2,2-8H3. The number of thiophene rings is 1. The molecule has 0 saturated carbocycles. The molecule has 0 N–H and O–H groups in total. The average molecular weight is 591 g/mol. The third kappa shape index (κ3) is 5.73. The van der Waals surface area contributed by atoms with Crippen LogP contribution in [0, 0.1) is 38.5 Å². The minimum absolute atomic E-state index is 0.0502. The lowest BCUT2D eigenvalue weighted by Crippen LogP contribution is -2.56. The molecule has 0 radical (unpaired) electrons. The Balaban J connectivity index is 1.43. The van der Waals surface area contributed by atoms with Gasteiger partial charge >= 0.3 is 0 Å². The number of aromatic nitrogens is 3. The van der Waals surface area contributed by atoms with Crippen LogP contribution in [0.3, 0.4) is 0 Å². The van der Waals surface area contributed by atoms with Crippen molar-refractivity contribution in [2.24, 2.45) is 10.4 Å². The largest absolute Gasteiger partial charge is 0.340 e. The van der Waals surface area contributed by atoms with Gasteiger partial charge in [0.1, 0.15) is 16.9 Å². The molecule has 1 aromatic carbocycles. The molecule has 9 heteroatoms. The highest BCUT2D eigenvalue weighted by atomic mass is 35.5. The summed E-state index contributed by atoms with van der Waals surface area (Å²) in [4.78, 5) is 24.7. The minimum atomic E-state index is -0.459. The number of piperazine rings is 1. The third-order valence-corrected chi connectivity index (χ3v) is 9.92. The molecule has 41 heavy (non-hydrogen) atoms. The number of carbonyl (C=O) groups is 1. The first-order valence-electron chi connectivity index (χ1n) is 14.2. The van der Waals surface area contributed by atoms with Gasteiger partial charge in [0.25, 0.3) is 0 Å². The third-order valence-electron chi connectivity index (χ3n) is 8.48. The quantitative estimate of drug-likeness (QED) is 0.322. The van der Waals surface area contributed by atoms with Crippen LogP contribution in [-0.4, -0.2) is 67.9 Å². The van der Waals surface area contributed by atoms with Gasteiger partial charge in [0.2, 0.25) is 5.91 Å². The molecule has 2 aromatic heterocycles. The molecule has 1 saturated heterocycles. The van der Waals surface area contributed by atoms with E-state index in [1.807, 2.05) is 36.1 Å². The van der Waals surface area contributed by atoms with E-state index >= 15 is 0 Å². The summed E-state index contributed by atoms with van der Waals surface area (Å²) >= 11 is 7.95. The molecule has 1 fully saturated rings. The molecule has 2 aliphatic rings. The van der Waals surface area contributed by atoms with Crippen molar-refractivity contribution in [2.45, 2.75) is 72.9 Å². The molecule has 1 amide bonds. The van der Waals surface area contributed by atoms with Crippen LogP contribution in [0.5, 0.6) is 0 Å². The zero-order valence-corrected chi connectivity index (χ0v) is 26.7. The molecule has 3 aromatic rings. The Kier molecular flexibility index (Phi) is 7.92. The fraction of sp³-hybridized carbons (Fsp3) is 0.500. The van der Waals surface area contributed by atoms with Gasteiger partial charge in [0.05, 0.1) is 12.1 Å². The van der Waals surface area contributed by atoms with E-state index in [9.17, 15) is 4.79 Å². The molecule has 4 heterocycles. The Bertz CT molecular complexity index is 1530. The first-order chi connectivity index (χ1) is 19.3. The number of aliphatic imine (C=N–C) groups is 1. The average Bonchev–Trinajstić information content (AvgIpc) is 3.40. The van der Waals surface area contributed by atoms with E-state index in [-0.39, 0.29) is 23.3 Å². The van der Waals surface area contributed by atoms with E-state index in [2.05, 4.69) is 67.1 Å². The van der Waals surface area contributed by atoms with E-state index in [0.717, 1.165) is 47.2 Å². The van der Waals surface area contributed by atoms with Crippen molar-refractivity contribution in [1.29, 1.82) is 0 Å². The van der Waals surface area contributed by atoms with E-state index in [4.69, 9.17) is 23.0 Å². The molecular formula is C32H39ClN6OS. The van der Waals surface area contributed by atoms with Gasteiger partial charge in [-0.1, -0.05) is 23.7 Å². The molecule has 0 aliphatic carbocycles. The zero-order chi connectivity index (χ0) is 29.7. The minimum Gasteiger partial charge on any atom is -0.340 e. The molecule has 1 atom stereocenters. The van der Waals surface area contributed by atoms with Crippen LogP contribution in [0.2, 0.25) is 5.02 Å². The summed E-state index contributed by atoms with van der Waals surface area (Å²) in [5.74, 6) is 4.51. The number of benzene rings is 1. The van der Waals surface area contributed by atoms with Crippen LogP contribution >= 0.6 is 22.9 Å². The number of carbonyl (C=O) groups excluding carboxylic acids is 1. The van der Waals surface area contributed by atoms with Crippen molar-refractivity contribution in [3.05, 3.63) is 62.5 Å². The SMILES string of the molecule is C#CC(C)(C)CC(C)(C)N1CCN(C(=O)CC2N=C(c3ccc(Cl)cc3)c3c(sc(C)c3C)-n3c(C)nnc32)CC1. The highest BCUT2D eigenvalue weighted by Crippen LogP contribution is 2.40. The first kappa shape index (κ1) is 29.5. The molecule has 1 unspecified atom stereocenters. The van der Waals surface area contributed by atoms with Gasteiger partial charge in [-0.3, -0.25) is 19.3 Å². The Morgan fingerprint density at radius 1 is 1.07 bits per heavy atom. The van der Waals surface area contributed by atoms with Gasteiger partial charge in [0, 0.05) is 58.2 Å². The highest BCUT2D eigenvalue weighted by molar-refractivity contribution is 7.15. The number of aryl methyl sites for hydroxylation is 2.